The van der Waals surface area contributed by atoms with E-state index in [4.69, 9.17) is 0 Å². The Morgan fingerprint density at radius 2 is 1.91 bits per heavy atom. The van der Waals surface area contributed by atoms with E-state index in [-0.39, 0.29) is 16.6 Å². The summed E-state index contributed by atoms with van der Waals surface area (Å²) in [5, 5.41) is 4.26. The van der Waals surface area contributed by atoms with Gasteiger partial charge in [0.25, 0.3) is 10.0 Å². The number of hydrogen-bond donors (Lipinski definition) is 2. The van der Waals surface area contributed by atoms with Crippen molar-refractivity contribution in [2.75, 3.05) is 13.1 Å². The second kappa shape index (κ2) is 7.48. The van der Waals surface area contributed by atoms with Crippen LogP contribution in [-0.2, 0) is 21.2 Å². The normalized spacial score (nSPS) is 11.3. The van der Waals surface area contributed by atoms with E-state index < -0.39 is 15.9 Å². The number of nitrogens with one attached hydrogen (secondary N) is 2. The van der Waals surface area contributed by atoms with Crippen molar-refractivity contribution in [3.05, 3.63) is 53.2 Å². The van der Waals surface area contributed by atoms with Gasteiger partial charge >= 0.3 is 0 Å². The molecular weight excluding hydrogens is 327 g/mol. The number of thiophene rings is 1. The second-order valence-corrected chi connectivity index (χ2v) is 7.42. The third-order valence-electron chi connectivity index (χ3n) is 2.83. The molecule has 8 heteroatoms. The first-order valence-electron chi connectivity index (χ1n) is 6.52. The van der Waals surface area contributed by atoms with E-state index in [0.29, 0.717) is 13.0 Å². The maximum Gasteiger partial charge on any atom is 0.250 e. The van der Waals surface area contributed by atoms with Gasteiger partial charge in [0.05, 0.1) is 6.54 Å². The number of amides is 1. The van der Waals surface area contributed by atoms with Crippen LogP contribution in [0, 0.1) is 5.82 Å². The van der Waals surface area contributed by atoms with Gasteiger partial charge in [-0.15, -0.1) is 11.3 Å². The molecule has 0 aliphatic carbocycles. The standard InChI is InChI=1S/C14H15FN2O3S2/c15-12-5-3-11(4-6-12)7-8-16-13(18)10-17-22(19,20)14-2-1-9-21-14/h1-6,9,17H,7-8,10H2,(H,16,18). The minimum Gasteiger partial charge on any atom is -0.355 e. The van der Waals surface area contributed by atoms with Crippen LogP contribution in [0.5, 0.6) is 0 Å². The van der Waals surface area contributed by atoms with Crippen LogP contribution in [-0.4, -0.2) is 27.4 Å². The van der Waals surface area contributed by atoms with Crippen LogP contribution in [0.4, 0.5) is 4.39 Å². The fraction of sp³-hybridized carbons (Fsp3) is 0.214. The smallest absolute Gasteiger partial charge is 0.250 e. The molecule has 22 heavy (non-hydrogen) atoms. The Labute approximate surface area is 132 Å². The molecule has 0 atom stereocenters. The van der Waals surface area contributed by atoms with Crippen molar-refractivity contribution in [2.45, 2.75) is 10.6 Å². The van der Waals surface area contributed by atoms with Crippen molar-refractivity contribution < 1.29 is 17.6 Å². The van der Waals surface area contributed by atoms with Gasteiger partial charge in [-0.1, -0.05) is 18.2 Å². The van der Waals surface area contributed by atoms with Gasteiger partial charge in [-0.25, -0.2) is 17.5 Å². The van der Waals surface area contributed by atoms with E-state index in [1.165, 1.54) is 18.2 Å². The van der Waals surface area contributed by atoms with Gasteiger partial charge in [0.1, 0.15) is 10.0 Å². The van der Waals surface area contributed by atoms with Gasteiger partial charge in [-0.2, -0.15) is 0 Å². The number of hydrogen-bond acceptors (Lipinski definition) is 4. The third-order valence-corrected chi connectivity index (χ3v) is 5.63. The van der Waals surface area contributed by atoms with Crippen LogP contribution < -0.4 is 10.0 Å². The fourth-order valence-corrected chi connectivity index (χ4v) is 3.73. The minimum absolute atomic E-state index is 0.173. The van der Waals surface area contributed by atoms with Crippen molar-refractivity contribution in [3.8, 4) is 0 Å². The Hall–Kier alpha value is -1.77. The summed E-state index contributed by atoms with van der Waals surface area (Å²) in [6.07, 6.45) is 0.545. The molecule has 0 fully saturated rings. The van der Waals surface area contributed by atoms with Crippen LogP contribution in [0.25, 0.3) is 0 Å². The van der Waals surface area contributed by atoms with E-state index in [9.17, 15) is 17.6 Å². The summed E-state index contributed by atoms with van der Waals surface area (Å²) in [7, 11) is -3.63. The van der Waals surface area contributed by atoms with Crippen LogP contribution in [0.2, 0.25) is 0 Å². The molecule has 2 aromatic rings. The molecule has 0 unspecified atom stereocenters. The highest BCUT2D eigenvalue weighted by Crippen LogP contribution is 2.14. The zero-order valence-electron chi connectivity index (χ0n) is 11.6. The minimum atomic E-state index is -3.63. The first-order chi connectivity index (χ1) is 10.5. The zero-order chi connectivity index (χ0) is 16.0. The zero-order valence-corrected chi connectivity index (χ0v) is 13.2. The molecule has 0 radical (unpaired) electrons. The molecule has 0 spiro atoms. The maximum absolute atomic E-state index is 12.7. The van der Waals surface area contributed by atoms with E-state index in [1.807, 2.05) is 0 Å². The van der Waals surface area contributed by atoms with Crippen molar-refractivity contribution >= 4 is 27.3 Å². The molecule has 0 bridgehead atoms. The topological polar surface area (TPSA) is 75.3 Å². The molecule has 5 nitrogen and oxygen atoms in total. The second-order valence-electron chi connectivity index (χ2n) is 4.48. The number of rotatable bonds is 7. The van der Waals surface area contributed by atoms with Crippen molar-refractivity contribution in [2.24, 2.45) is 0 Å². The molecule has 0 aliphatic rings. The Morgan fingerprint density at radius 3 is 2.55 bits per heavy atom. The molecule has 1 amide bonds. The summed E-state index contributed by atoms with van der Waals surface area (Å²) >= 11 is 1.09. The van der Waals surface area contributed by atoms with E-state index >= 15 is 0 Å². The lowest BCUT2D eigenvalue weighted by Gasteiger charge is -2.07. The van der Waals surface area contributed by atoms with E-state index in [1.54, 1.807) is 23.6 Å². The first-order valence-corrected chi connectivity index (χ1v) is 8.88. The van der Waals surface area contributed by atoms with E-state index in [0.717, 1.165) is 16.9 Å². The highest BCUT2D eigenvalue weighted by molar-refractivity contribution is 7.91. The predicted molar refractivity (Wildman–Crippen MR) is 82.6 cm³/mol. The monoisotopic (exact) mass is 342 g/mol. The molecule has 1 heterocycles. The van der Waals surface area contributed by atoms with Gasteiger partial charge in [-0.3, -0.25) is 4.79 Å². The number of benzene rings is 1. The Kier molecular flexibility index (Phi) is 5.64. The van der Waals surface area contributed by atoms with Crippen molar-refractivity contribution in [1.82, 2.24) is 10.0 Å². The van der Waals surface area contributed by atoms with Gasteiger partial charge in [0.2, 0.25) is 5.91 Å². The highest BCUT2D eigenvalue weighted by atomic mass is 32.2. The summed E-state index contributed by atoms with van der Waals surface area (Å²) in [5.74, 6) is -0.724. The number of carbonyl (C=O) groups excluding carboxylic acids is 1. The molecule has 2 N–H and O–H groups in total. The summed E-state index contributed by atoms with van der Waals surface area (Å²) in [4.78, 5) is 11.6. The van der Waals surface area contributed by atoms with Crippen LogP contribution >= 0.6 is 11.3 Å². The summed E-state index contributed by atoms with van der Waals surface area (Å²) in [6, 6.07) is 9.09. The number of carbonyl (C=O) groups is 1. The fourth-order valence-electron chi connectivity index (χ4n) is 1.71. The van der Waals surface area contributed by atoms with Crippen LogP contribution in [0.3, 0.4) is 0 Å². The predicted octanol–water partition coefficient (Wildman–Crippen LogP) is 1.52. The van der Waals surface area contributed by atoms with Crippen molar-refractivity contribution in [3.63, 3.8) is 0 Å². The Balaban J connectivity index is 1.73. The first kappa shape index (κ1) is 16.6. The SMILES string of the molecule is O=C(CNS(=O)(=O)c1cccs1)NCCc1ccc(F)cc1. The van der Waals surface area contributed by atoms with Gasteiger partial charge in [0, 0.05) is 6.54 Å². The van der Waals surface area contributed by atoms with Gasteiger partial charge in [0.15, 0.2) is 0 Å². The summed E-state index contributed by atoms with van der Waals surface area (Å²) in [6.45, 7) is 0.0366. The molecule has 1 aromatic carbocycles. The number of halogens is 1. The lowest BCUT2D eigenvalue weighted by atomic mass is 10.1. The molecule has 1 aromatic heterocycles. The molecule has 0 saturated heterocycles. The van der Waals surface area contributed by atoms with Gasteiger partial charge < -0.3 is 5.32 Å². The summed E-state index contributed by atoms with van der Waals surface area (Å²) < 4.78 is 38.8. The van der Waals surface area contributed by atoms with Crippen molar-refractivity contribution in [1.29, 1.82) is 0 Å². The average molecular weight is 342 g/mol. The molecule has 118 valence electrons. The lowest BCUT2D eigenvalue weighted by Crippen LogP contribution is -2.37. The largest absolute Gasteiger partial charge is 0.355 e. The molecule has 2 rings (SSSR count). The van der Waals surface area contributed by atoms with Gasteiger partial charge in [-0.05, 0) is 35.6 Å². The Bertz CT molecular complexity index is 713. The molecule has 0 saturated carbocycles. The lowest BCUT2D eigenvalue weighted by molar-refractivity contribution is -0.119. The van der Waals surface area contributed by atoms with E-state index in [2.05, 4.69) is 10.0 Å². The van der Waals surface area contributed by atoms with Crippen LogP contribution in [0.1, 0.15) is 5.56 Å². The molecule has 0 aliphatic heterocycles. The molecular formula is C14H15FN2O3S2. The average Bonchev–Trinajstić information content (AvgIpc) is 3.02. The van der Waals surface area contributed by atoms with Crippen LogP contribution in [0.15, 0.2) is 46.0 Å². The third kappa shape index (κ3) is 4.90. The Morgan fingerprint density at radius 1 is 1.18 bits per heavy atom. The quantitative estimate of drug-likeness (QED) is 0.801. The highest BCUT2D eigenvalue weighted by Gasteiger charge is 2.15. The summed E-state index contributed by atoms with van der Waals surface area (Å²) in [5.41, 5.74) is 0.890. The maximum atomic E-state index is 12.7. The number of sulfonamides is 1.